The Bertz CT molecular complexity index is 3870. The molecule has 0 bridgehead atoms. The first-order valence-electron chi connectivity index (χ1n) is 28.7. The minimum absolute atomic E-state index is 0.0659. The van der Waals surface area contributed by atoms with Gasteiger partial charge in [-0.2, -0.15) is 0 Å². The first-order valence-corrected chi connectivity index (χ1v) is 29.2. The molecule has 3 heterocycles. The van der Waals surface area contributed by atoms with Crippen LogP contribution in [0.25, 0.3) is 33.4 Å². The van der Waals surface area contributed by atoms with Gasteiger partial charge in [0.15, 0.2) is 0 Å². The Morgan fingerprint density at radius 2 is 1.08 bits per heavy atom. The van der Waals surface area contributed by atoms with Gasteiger partial charge in [-0.25, -0.2) is 4.98 Å². The highest BCUT2D eigenvalue weighted by Crippen LogP contribution is 2.51. The second-order valence-corrected chi connectivity index (χ2v) is 28.3. The lowest BCUT2D eigenvalue weighted by Crippen LogP contribution is -2.58. The molecule has 0 N–H and O–H groups in total. The van der Waals surface area contributed by atoms with Crippen LogP contribution in [0.3, 0.4) is 0 Å². The largest absolute Gasteiger partial charge is 0.457 e. The zero-order valence-corrected chi connectivity index (χ0v) is 46.5. The molecule has 0 aliphatic carbocycles. The van der Waals surface area contributed by atoms with Gasteiger partial charge in [-0.05, 0) is 115 Å². The number of benzene rings is 8. The number of fused-ring (bicyclic) bond motifs is 3. The van der Waals surface area contributed by atoms with Crippen molar-refractivity contribution in [1.29, 1.82) is 0 Å². The van der Waals surface area contributed by atoms with Crippen LogP contribution < -0.4 is 29.8 Å². The number of pyridine rings is 1. The summed E-state index contributed by atoms with van der Waals surface area (Å²) in [5.74, 6) is 2.22. The first-order chi connectivity index (χ1) is 37.8. The molecule has 0 fully saturated rings. The number of anilines is 7. The molecular formula is C69H70N4OSi. The normalized spacial score (nSPS) is 15.0. The number of aromatic nitrogens is 1. The van der Waals surface area contributed by atoms with Crippen LogP contribution in [0.15, 0.2) is 194 Å². The summed E-state index contributed by atoms with van der Waals surface area (Å²) in [4.78, 5) is 12.0. The van der Waals surface area contributed by atoms with E-state index in [0.29, 0.717) is 23.7 Å². The highest BCUT2D eigenvalue weighted by molar-refractivity contribution is 7.02. The van der Waals surface area contributed by atoms with E-state index in [1.807, 2.05) is 42.6 Å². The Labute approximate surface area is 454 Å². The molecule has 9 aromatic rings. The third kappa shape index (κ3) is 9.24. The van der Waals surface area contributed by atoms with Crippen LogP contribution in [0, 0.1) is 6.92 Å². The van der Waals surface area contributed by atoms with Crippen molar-refractivity contribution in [1.82, 2.24) is 4.98 Å². The molecule has 5 nitrogen and oxygen atoms in total. The van der Waals surface area contributed by atoms with Gasteiger partial charge in [0, 0.05) is 46.4 Å². The summed E-state index contributed by atoms with van der Waals surface area (Å²) in [6.45, 7) is 27.4. The SMILES string of the molecule is [2H]c1c([2H])c([2H])c(-c2cccc(-c3cc(C(C)(C)C)cc(C(C)(C)C)c3)c2N2CN(c3cccc(Oc4ccc5c(c4)N(c4cc(C)c(-c6ccc(C(C)(C)C)cc6)cn4)c4ccccc4[Si]5(C)C)c3)c3ccccc32)c([2H])c1[2H]. The minimum Gasteiger partial charge on any atom is -0.457 e. The quantitative estimate of drug-likeness (QED) is 0.142. The van der Waals surface area contributed by atoms with E-state index in [4.69, 9.17) is 13.8 Å². The third-order valence-electron chi connectivity index (χ3n) is 15.3. The fraction of sp³-hybridized carbons (Fsp3) is 0.232. The molecule has 6 heteroatoms. The monoisotopic (exact) mass is 1000 g/mol. The Balaban J connectivity index is 0.992. The molecule has 376 valence electrons. The maximum absolute atomic E-state index is 9.29. The van der Waals surface area contributed by atoms with Crippen LogP contribution in [0.4, 0.5) is 39.9 Å². The van der Waals surface area contributed by atoms with Crippen molar-refractivity contribution in [3.63, 3.8) is 0 Å². The topological polar surface area (TPSA) is 31.8 Å². The van der Waals surface area contributed by atoms with Crippen molar-refractivity contribution in [2.24, 2.45) is 0 Å². The lowest BCUT2D eigenvalue weighted by atomic mass is 9.78. The van der Waals surface area contributed by atoms with Crippen molar-refractivity contribution >= 4 is 58.4 Å². The number of rotatable bonds is 8. The average Bonchev–Trinajstić information content (AvgIpc) is 3.83. The minimum atomic E-state index is -2.19. The van der Waals surface area contributed by atoms with Gasteiger partial charge in [0.1, 0.15) is 32.1 Å². The maximum Gasteiger partial charge on any atom is 0.137 e. The highest BCUT2D eigenvalue weighted by atomic mass is 28.3. The van der Waals surface area contributed by atoms with Gasteiger partial charge in [0.2, 0.25) is 0 Å². The molecule has 0 spiro atoms. The van der Waals surface area contributed by atoms with Gasteiger partial charge in [0.05, 0.1) is 29.6 Å². The van der Waals surface area contributed by atoms with Crippen molar-refractivity contribution in [3.8, 4) is 44.9 Å². The number of hydrogen-bond donors (Lipinski definition) is 0. The molecule has 1 aromatic heterocycles. The van der Waals surface area contributed by atoms with Crippen molar-refractivity contribution in [2.45, 2.75) is 98.6 Å². The standard InChI is InChI=1S/C69H70N4OSi/c1-46-38-65(70-44-58(46)48-32-34-50(35-33-48)67(2,3)4)73-61-30-18-19-31-63(61)75(11,12)64-37-36-55(43-62(64)73)74-54-25-20-24-53(42-54)71-45-72(60-29-17-16-28-59(60)71)66-56(47-22-14-13-15-23-47)26-21-27-57(66)49-39-51(68(5,6)7)41-52(40-49)69(8,9)10/h13-44H,45H2,1-12H3/i13D,14D,15D,22D,23D. The van der Waals surface area contributed by atoms with Crippen molar-refractivity contribution < 1.29 is 11.6 Å². The summed E-state index contributed by atoms with van der Waals surface area (Å²) < 4.78 is 51.6. The predicted octanol–water partition coefficient (Wildman–Crippen LogP) is 17.9. The zero-order valence-electron chi connectivity index (χ0n) is 50.5. The van der Waals surface area contributed by atoms with E-state index in [1.165, 1.54) is 27.1 Å². The summed E-state index contributed by atoms with van der Waals surface area (Å²) in [5, 5.41) is 2.65. The van der Waals surface area contributed by atoms with Gasteiger partial charge in [0.25, 0.3) is 0 Å². The molecule has 0 saturated carbocycles. The number of hydrogen-bond acceptors (Lipinski definition) is 5. The maximum atomic E-state index is 9.29. The van der Waals surface area contributed by atoms with Crippen LogP contribution >= 0.6 is 0 Å². The second-order valence-electron chi connectivity index (χ2n) is 23.9. The summed E-state index contributed by atoms with van der Waals surface area (Å²) in [7, 11) is -2.19. The molecule has 0 unspecified atom stereocenters. The third-order valence-corrected chi connectivity index (χ3v) is 18.8. The summed E-state index contributed by atoms with van der Waals surface area (Å²) in [6, 6.07) is 53.9. The van der Waals surface area contributed by atoms with E-state index >= 15 is 0 Å². The predicted molar refractivity (Wildman–Crippen MR) is 321 cm³/mol. The van der Waals surface area contributed by atoms with E-state index < -0.39 is 14.1 Å². The van der Waals surface area contributed by atoms with Crippen LogP contribution in [-0.4, -0.2) is 19.7 Å². The Hall–Kier alpha value is -7.67. The smallest absolute Gasteiger partial charge is 0.137 e. The van der Waals surface area contributed by atoms with Gasteiger partial charge in [-0.3, -0.25) is 4.90 Å². The fourth-order valence-corrected chi connectivity index (χ4v) is 13.9. The van der Waals surface area contributed by atoms with Crippen LogP contribution in [0.1, 0.15) is 91.4 Å². The Morgan fingerprint density at radius 1 is 0.493 bits per heavy atom. The molecule has 2 aliphatic rings. The van der Waals surface area contributed by atoms with E-state index in [-0.39, 0.29) is 46.0 Å². The van der Waals surface area contributed by atoms with Gasteiger partial charge >= 0.3 is 0 Å². The summed E-state index contributed by atoms with van der Waals surface area (Å²) >= 11 is 0. The Morgan fingerprint density at radius 3 is 1.73 bits per heavy atom. The molecule has 0 saturated heterocycles. The van der Waals surface area contributed by atoms with Gasteiger partial charge < -0.3 is 14.5 Å². The molecule has 0 amide bonds. The zero-order chi connectivity index (χ0) is 57.0. The lowest BCUT2D eigenvalue weighted by molar-refractivity contribution is 0.483. The van der Waals surface area contributed by atoms with Crippen molar-refractivity contribution in [3.05, 3.63) is 216 Å². The van der Waals surface area contributed by atoms with E-state index in [1.54, 1.807) is 0 Å². The molecule has 2 aliphatic heterocycles. The van der Waals surface area contributed by atoms with Gasteiger partial charge in [-0.1, -0.05) is 209 Å². The summed E-state index contributed by atoms with van der Waals surface area (Å²) in [6.07, 6.45) is 2.02. The number of ether oxygens (including phenoxy) is 1. The Kier molecular flexibility index (Phi) is 10.8. The molecule has 0 atom stereocenters. The molecule has 75 heavy (non-hydrogen) atoms. The second kappa shape index (κ2) is 18.6. The molecule has 0 radical (unpaired) electrons. The number of nitrogens with zero attached hydrogens (tertiary/aromatic N) is 4. The van der Waals surface area contributed by atoms with E-state index in [2.05, 4.69) is 218 Å². The molecular weight excluding hydrogens is 929 g/mol. The van der Waals surface area contributed by atoms with E-state index in [9.17, 15) is 2.74 Å². The fourth-order valence-electron chi connectivity index (χ4n) is 10.9. The van der Waals surface area contributed by atoms with Crippen molar-refractivity contribution in [2.75, 3.05) is 21.4 Å². The number of aryl methyl sites for hydroxylation is 1. The van der Waals surface area contributed by atoms with Crippen LogP contribution in [-0.2, 0) is 16.2 Å². The highest BCUT2D eigenvalue weighted by Gasteiger charge is 2.39. The first kappa shape index (κ1) is 43.7. The van der Waals surface area contributed by atoms with Gasteiger partial charge in [-0.15, -0.1) is 0 Å². The molecule has 8 aromatic carbocycles. The van der Waals surface area contributed by atoms with Crippen LogP contribution in [0.2, 0.25) is 13.1 Å². The lowest BCUT2D eigenvalue weighted by Gasteiger charge is -2.40. The van der Waals surface area contributed by atoms with Crippen LogP contribution in [0.5, 0.6) is 11.5 Å². The summed E-state index contributed by atoms with van der Waals surface area (Å²) in [5.41, 5.74) is 15.1. The van der Waals surface area contributed by atoms with E-state index in [0.717, 1.165) is 67.8 Å². The molecule has 11 rings (SSSR count). The number of para-hydroxylation sites is 4. The average molecular weight is 1000 g/mol.